The number of benzene rings is 1. The number of nitrogens with zero attached hydrogens (tertiary/aromatic N) is 2. The van der Waals surface area contributed by atoms with Crippen LogP contribution in [0.4, 0.5) is 0 Å². The van der Waals surface area contributed by atoms with Gasteiger partial charge in [-0.3, -0.25) is 10.5 Å². The maximum absolute atomic E-state index is 7.30. The first-order chi connectivity index (χ1) is 10.6. The van der Waals surface area contributed by atoms with Crippen molar-refractivity contribution in [2.45, 2.75) is 32.6 Å². The Kier molecular flexibility index (Phi) is 5.05. The molecule has 1 atom stereocenters. The zero-order valence-electron chi connectivity index (χ0n) is 13.2. The van der Waals surface area contributed by atoms with Crippen LogP contribution in [0.25, 0.3) is 0 Å². The number of H-pyrrole nitrogens is 1. The molecule has 1 aromatic carbocycles. The van der Waals surface area contributed by atoms with Gasteiger partial charge < -0.3 is 5.73 Å². The highest BCUT2D eigenvalue weighted by molar-refractivity contribution is 6.04. The van der Waals surface area contributed by atoms with E-state index < -0.39 is 0 Å². The van der Waals surface area contributed by atoms with Crippen molar-refractivity contribution >= 4 is 24.1 Å². The number of aryl methyl sites for hydroxylation is 2. The number of nitrogens with one attached hydrogen (secondary N) is 3. The zero-order valence-corrected chi connectivity index (χ0v) is 14.0. The van der Waals surface area contributed by atoms with Gasteiger partial charge in [0, 0.05) is 11.3 Å². The van der Waals surface area contributed by atoms with Gasteiger partial charge in [-0.15, -0.1) is 12.4 Å². The number of hydrogen-bond acceptors (Lipinski definition) is 3. The van der Waals surface area contributed by atoms with Crippen molar-refractivity contribution in [2.24, 2.45) is 10.8 Å². The fourth-order valence-corrected chi connectivity index (χ4v) is 3.16. The number of hydrogen-bond donors (Lipinski definition) is 4. The lowest BCUT2D eigenvalue weighted by Crippen LogP contribution is -2.29. The molecule has 7 heteroatoms. The highest BCUT2D eigenvalue weighted by Gasteiger charge is 2.29. The van der Waals surface area contributed by atoms with Gasteiger partial charge in [-0.1, -0.05) is 24.3 Å². The Morgan fingerprint density at radius 3 is 2.78 bits per heavy atom. The van der Waals surface area contributed by atoms with Crippen LogP contribution in [0.3, 0.4) is 0 Å². The summed E-state index contributed by atoms with van der Waals surface area (Å²) in [5.41, 5.74) is 14.5. The number of nitrogens with two attached hydrogens (primary N) is 1. The minimum absolute atomic E-state index is 0. The lowest BCUT2D eigenvalue weighted by atomic mass is 9.80. The second-order valence-corrected chi connectivity index (χ2v) is 5.71. The number of aromatic nitrogens is 2. The molecule has 0 amide bonds. The van der Waals surface area contributed by atoms with Gasteiger partial charge in [0.2, 0.25) is 5.96 Å². The van der Waals surface area contributed by atoms with Crippen molar-refractivity contribution in [3.63, 3.8) is 0 Å². The summed E-state index contributed by atoms with van der Waals surface area (Å²) in [5, 5.41) is 19.0. The lowest BCUT2D eigenvalue weighted by Gasteiger charge is -2.25. The smallest absolute Gasteiger partial charge is 0.206 e. The Balaban J connectivity index is 0.00000192. The second-order valence-electron chi connectivity index (χ2n) is 5.71. The molecule has 1 aromatic heterocycles. The molecule has 0 radical (unpaired) electrons. The van der Waals surface area contributed by atoms with Crippen LogP contribution >= 0.6 is 12.4 Å². The fourth-order valence-electron chi connectivity index (χ4n) is 3.16. The lowest BCUT2D eigenvalue weighted by molar-refractivity contribution is 0.673. The molecule has 0 saturated heterocycles. The summed E-state index contributed by atoms with van der Waals surface area (Å²) in [6, 6.07) is 8.43. The summed E-state index contributed by atoms with van der Waals surface area (Å²) < 4.78 is 0. The number of hydrazone groups is 1. The summed E-state index contributed by atoms with van der Waals surface area (Å²) in [7, 11) is 0. The molecular weight excluding hydrogens is 312 g/mol. The van der Waals surface area contributed by atoms with Gasteiger partial charge in [-0.05, 0) is 43.7 Å². The summed E-state index contributed by atoms with van der Waals surface area (Å²) in [4.78, 5) is 0. The average molecular weight is 333 g/mol. The third-order valence-corrected chi connectivity index (χ3v) is 4.14. The van der Waals surface area contributed by atoms with Crippen molar-refractivity contribution in [3.8, 4) is 0 Å². The molecule has 6 nitrogen and oxygen atoms in total. The molecule has 2 aromatic rings. The quantitative estimate of drug-likeness (QED) is 0.385. The summed E-state index contributed by atoms with van der Waals surface area (Å²) >= 11 is 0. The van der Waals surface area contributed by atoms with Crippen LogP contribution in [0.1, 0.15) is 40.4 Å². The molecule has 5 N–H and O–H groups in total. The first-order valence-electron chi connectivity index (χ1n) is 7.32. The van der Waals surface area contributed by atoms with Gasteiger partial charge in [0.05, 0.1) is 11.4 Å². The van der Waals surface area contributed by atoms with Gasteiger partial charge >= 0.3 is 0 Å². The van der Waals surface area contributed by atoms with Gasteiger partial charge in [0.1, 0.15) is 0 Å². The van der Waals surface area contributed by atoms with E-state index in [0.717, 1.165) is 35.5 Å². The monoisotopic (exact) mass is 332 g/mol. The summed E-state index contributed by atoms with van der Waals surface area (Å²) in [6.07, 6.45) is 1.72. The molecule has 1 aliphatic carbocycles. The van der Waals surface area contributed by atoms with Crippen molar-refractivity contribution in [2.75, 3.05) is 0 Å². The standard InChI is InChI=1S/C16H20N6.ClH/c1-9-5-3-4-6-12(9)11-7-13-15(10(2)19-20-13)14(8-11)21-22-16(17)18;/h3-6,11H,7-8H2,1-2H3,(H,19,20)(H4,17,18,22);1H. The largest absolute Gasteiger partial charge is 0.369 e. The number of fused-ring (bicyclic) bond motifs is 1. The predicted molar refractivity (Wildman–Crippen MR) is 94.4 cm³/mol. The molecule has 23 heavy (non-hydrogen) atoms. The van der Waals surface area contributed by atoms with Crippen LogP contribution in [0, 0.1) is 19.3 Å². The van der Waals surface area contributed by atoms with Crippen molar-refractivity contribution < 1.29 is 0 Å². The fraction of sp³-hybridized carbons (Fsp3) is 0.312. The van der Waals surface area contributed by atoms with E-state index in [4.69, 9.17) is 11.1 Å². The number of halogens is 1. The summed E-state index contributed by atoms with van der Waals surface area (Å²) in [6.45, 7) is 4.10. The maximum atomic E-state index is 7.30. The van der Waals surface area contributed by atoms with Crippen LogP contribution in [-0.4, -0.2) is 21.9 Å². The molecule has 1 aliphatic rings. The van der Waals surface area contributed by atoms with Crippen molar-refractivity contribution in [1.82, 2.24) is 15.6 Å². The Morgan fingerprint density at radius 2 is 2.09 bits per heavy atom. The molecule has 1 heterocycles. The molecule has 3 rings (SSSR count). The third kappa shape index (κ3) is 3.37. The van der Waals surface area contributed by atoms with Gasteiger partial charge in [-0.25, -0.2) is 5.43 Å². The number of aromatic amines is 1. The minimum Gasteiger partial charge on any atom is -0.369 e. The molecule has 122 valence electrons. The van der Waals surface area contributed by atoms with Gasteiger partial charge in [0.15, 0.2) is 0 Å². The Labute approximate surface area is 141 Å². The van der Waals surface area contributed by atoms with Crippen LogP contribution in [0.2, 0.25) is 0 Å². The normalized spacial score (nSPS) is 18.2. The van der Waals surface area contributed by atoms with Crippen LogP contribution in [0.5, 0.6) is 0 Å². The molecule has 0 spiro atoms. The average Bonchev–Trinajstić information content (AvgIpc) is 2.87. The molecule has 0 fully saturated rings. The van der Waals surface area contributed by atoms with Crippen molar-refractivity contribution in [1.29, 1.82) is 5.41 Å². The van der Waals surface area contributed by atoms with E-state index in [1.807, 2.05) is 6.92 Å². The van der Waals surface area contributed by atoms with E-state index >= 15 is 0 Å². The first-order valence-corrected chi connectivity index (χ1v) is 7.32. The summed E-state index contributed by atoms with van der Waals surface area (Å²) in [5.74, 6) is 0.189. The predicted octanol–water partition coefficient (Wildman–Crippen LogP) is 2.37. The van der Waals surface area contributed by atoms with Gasteiger partial charge in [-0.2, -0.15) is 10.2 Å². The highest BCUT2D eigenvalue weighted by atomic mass is 35.5. The van der Waals surface area contributed by atoms with Crippen LogP contribution in [-0.2, 0) is 6.42 Å². The molecule has 0 bridgehead atoms. The first kappa shape index (κ1) is 17.0. The molecule has 0 aliphatic heterocycles. The van der Waals surface area contributed by atoms with E-state index in [-0.39, 0.29) is 18.4 Å². The Bertz CT molecular complexity index is 749. The van der Waals surface area contributed by atoms with E-state index in [0.29, 0.717) is 5.92 Å². The molecular formula is C16H21ClN6. The molecule has 0 saturated carbocycles. The van der Waals surface area contributed by atoms with Crippen LogP contribution < -0.4 is 11.2 Å². The van der Waals surface area contributed by atoms with E-state index in [1.54, 1.807) is 0 Å². The topological polar surface area (TPSA) is 103 Å². The van der Waals surface area contributed by atoms with Gasteiger partial charge in [0.25, 0.3) is 0 Å². The Morgan fingerprint density at radius 1 is 1.35 bits per heavy atom. The highest BCUT2D eigenvalue weighted by Crippen LogP contribution is 2.34. The van der Waals surface area contributed by atoms with Crippen molar-refractivity contribution in [3.05, 3.63) is 52.3 Å². The van der Waals surface area contributed by atoms with E-state index in [2.05, 4.69) is 51.9 Å². The van der Waals surface area contributed by atoms with E-state index in [1.165, 1.54) is 11.1 Å². The molecule has 1 unspecified atom stereocenters. The van der Waals surface area contributed by atoms with Crippen LogP contribution in [0.15, 0.2) is 29.4 Å². The third-order valence-electron chi connectivity index (χ3n) is 4.14. The zero-order chi connectivity index (χ0) is 15.7. The number of guanidine groups is 1. The van der Waals surface area contributed by atoms with E-state index in [9.17, 15) is 0 Å². The Hall–Kier alpha value is -2.34. The second kappa shape index (κ2) is 6.83. The SMILES string of the molecule is Cc1ccccc1C1CC(=NNC(=N)N)c2c(C)n[nH]c2C1.Cl. The number of rotatable bonds is 2. The maximum Gasteiger partial charge on any atom is 0.206 e. The minimum atomic E-state index is -0.159.